The fraction of sp³-hybridized carbons (Fsp3) is 0.833. The van der Waals surface area contributed by atoms with Crippen molar-refractivity contribution in [3.8, 4) is 0 Å². The third-order valence-corrected chi connectivity index (χ3v) is 3.70. The summed E-state index contributed by atoms with van der Waals surface area (Å²) < 4.78 is 0. The maximum atomic E-state index is 11.6. The zero-order valence-corrected chi connectivity index (χ0v) is 21.9. The molecule has 0 saturated heterocycles. The van der Waals surface area contributed by atoms with Gasteiger partial charge in [0, 0.05) is 5.97 Å². The van der Waals surface area contributed by atoms with Gasteiger partial charge in [0.25, 0.3) is 0 Å². The van der Waals surface area contributed by atoms with Crippen LogP contribution in [0.4, 0.5) is 0 Å². The van der Waals surface area contributed by atoms with Gasteiger partial charge in [-0.25, -0.2) is 0 Å². The van der Waals surface area contributed by atoms with E-state index in [4.69, 9.17) is 0 Å². The smallest absolute Gasteiger partial charge is 0.852 e. The molecule has 5 heteroatoms. The van der Waals surface area contributed by atoms with Crippen molar-refractivity contribution in [1.82, 2.24) is 0 Å². The number of rotatable bonds is 15. The van der Waals surface area contributed by atoms with Gasteiger partial charge in [-0.15, -0.1) is 6.10 Å². The molecular formula is C18H32K2O3. The van der Waals surface area contributed by atoms with E-state index in [2.05, 4.69) is 13.0 Å². The molecule has 0 aliphatic heterocycles. The molecule has 0 amide bonds. The first-order valence-electron chi connectivity index (χ1n) is 8.67. The number of carbonyl (C=O) groups is 1. The molecule has 0 saturated carbocycles. The average molecular weight is 375 g/mol. The molecule has 124 valence electrons. The summed E-state index contributed by atoms with van der Waals surface area (Å²) in [4.78, 5) is 10.2. The Morgan fingerprint density at radius 1 is 0.913 bits per heavy atom. The number of aliphatic carboxylic acids is 1. The Labute approximate surface area is 228 Å². The van der Waals surface area contributed by atoms with E-state index in [-0.39, 0.29) is 109 Å². The third-order valence-electron chi connectivity index (χ3n) is 3.70. The summed E-state index contributed by atoms with van der Waals surface area (Å²) in [7, 11) is 0. The summed E-state index contributed by atoms with van der Waals surface area (Å²) >= 11 is 0. The Kier molecular flexibility index (Phi) is 32.1. The quantitative estimate of drug-likeness (QED) is 0.176. The van der Waals surface area contributed by atoms with Crippen LogP contribution >= 0.6 is 0 Å². The fourth-order valence-electron chi connectivity index (χ4n) is 2.34. The first kappa shape index (κ1) is 30.2. The minimum absolute atomic E-state index is 0. The molecule has 0 aromatic rings. The molecule has 0 aromatic carbocycles. The van der Waals surface area contributed by atoms with Crippen molar-refractivity contribution in [2.24, 2.45) is 0 Å². The predicted octanol–water partition coefficient (Wildman–Crippen LogP) is -2.88. The molecule has 1 atom stereocenters. The van der Waals surface area contributed by atoms with Crippen LogP contribution in [0.3, 0.4) is 0 Å². The molecular weight excluding hydrogens is 342 g/mol. The van der Waals surface area contributed by atoms with E-state index >= 15 is 0 Å². The van der Waals surface area contributed by atoms with E-state index in [1.54, 1.807) is 0 Å². The van der Waals surface area contributed by atoms with Gasteiger partial charge in [0.05, 0.1) is 0 Å². The second kappa shape index (κ2) is 24.4. The van der Waals surface area contributed by atoms with Gasteiger partial charge in [0.15, 0.2) is 0 Å². The predicted molar refractivity (Wildman–Crippen MR) is 83.6 cm³/mol. The Bertz CT molecular complexity index is 271. The SMILES string of the molecule is CCCCCC[C@@H]([O-])C/C=C\CCCCCCCC(=O)[O-].[K+].[K+]. The Morgan fingerprint density at radius 2 is 1.52 bits per heavy atom. The molecule has 23 heavy (non-hydrogen) atoms. The van der Waals surface area contributed by atoms with Crippen molar-refractivity contribution in [2.75, 3.05) is 0 Å². The van der Waals surface area contributed by atoms with Crippen molar-refractivity contribution < 1.29 is 118 Å². The minimum atomic E-state index is -0.945. The number of hydrogen-bond donors (Lipinski definition) is 0. The summed E-state index contributed by atoms with van der Waals surface area (Å²) in [5.74, 6) is -0.945. The largest absolute Gasteiger partial charge is 1.00 e. The number of carboxylic acid groups (broad SMARTS) is 1. The van der Waals surface area contributed by atoms with Gasteiger partial charge in [-0.2, -0.15) is 0 Å². The van der Waals surface area contributed by atoms with Gasteiger partial charge in [-0.1, -0.05) is 70.4 Å². The maximum Gasteiger partial charge on any atom is 1.00 e. The molecule has 0 fully saturated rings. The van der Waals surface area contributed by atoms with Gasteiger partial charge in [-0.05, 0) is 32.1 Å². The summed E-state index contributed by atoms with van der Waals surface area (Å²) in [5.41, 5.74) is 0. The van der Waals surface area contributed by atoms with Gasteiger partial charge >= 0.3 is 103 Å². The van der Waals surface area contributed by atoms with Crippen molar-refractivity contribution in [3.63, 3.8) is 0 Å². The second-order valence-corrected chi connectivity index (χ2v) is 5.86. The first-order valence-corrected chi connectivity index (χ1v) is 8.67. The van der Waals surface area contributed by atoms with Crippen molar-refractivity contribution in [3.05, 3.63) is 12.2 Å². The van der Waals surface area contributed by atoms with Crippen LogP contribution in [0.25, 0.3) is 0 Å². The van der Waals surface area contributed by atoms with Gasteiger partial charge < -0.3 is 15.0 Å². The van der Waals surface area contributed by atoms with E-state index in [0.29, 0.717) is 6.42 Å². The standard InChI is InChI=1S/C18H33O3.2K/c1-2-3-4-11-14-17(19)15-12-9-7-5-6-8-10-13-16-18(20)21;;/h9,12,17H,2-8,10-11,13-16H2,1H3,(H,20,21);;/q-1;2*+1/p-1/b12-9-;;/t17-;;/m1../s1. The zero-order chi connectivity index (χ0) is 15.8. The molecule has 0 radical (unpaired) electrons. The molecule has 0 rings (SSSR count). The first-order chi connectivity index (χ1) is 10.2. The Balaban J connectivity index is -0.00000200. The maximum absolute atomic E-state index is 11.6. The number of allylic oxidation sites excluding steroid dienone is 1. The molecule has 0 bridgehead atoms. The Hall–Kier alpha value is 2.44. The number of hydrogen-bond acceptors (Lipinski definition) is 3. The van der Waals surface area contributed by atoms with Crippen molar-refractivity contribution in [2.45, 2.75) is 96.5 Å². The van der Waals surface area contributed by atoms with Crippen LogP contribution in [-0.2, 0) is 4.79 Å². The van der Waals surface area contributed by atoms with Crippen LogP contribution in [0.2, 0.25) is 0 Å². The average Bonchev–Trinajstić information content (AvgIpc) is 2.45. The molecule has 0 aliphatic carbocycles. The number of carboxylic acids is 1. The third kappa shape index (κ3) is 26.8. The van der Waals surface area contributed by atoms with Gasteiger partial charge in [0.2, 0.25) is 0 Å². The number of unbranched alkanes of at least 4 members (excludes halogenated alkanes) is 8. The van der Waals surface area contributed by atoms with Crippen LogP contribution in [-0.4, -0.2) is 12.1 Å². The summed E-state index contributed by atoms with van der Waals surface area (Å²) in [6.07, 6.45) is 16.2. The molecule has 0 unspecified atom stereocenters. The zero-order valence-electron chi connectivity index (χ0n) is 15.6. The Morgan fingerprint density at radius 3 is 2.17 bits per heavy atom. The molecule has 3 nitrogen and oxygen atoms in total. The minimum Gasteiger partial charge on any atom is -0.852 e. The van der Waals surface area contributed by atoms with Crippen molar-refractivity contribution in [1.29, 1.82) is 0 Å². The van der Waals surface area contributed by atoms with Gasteiger partial charge in [-0.3, -0.25) is 0 Å². The van der Waals surface area contributed by atoms with E-state index in [0.717, 1.165) is 51.4 Å². The van der Waals surface area contributed by atoms with Crippen LogP contribution in [0.1, 0.15) is 90.4 Å². The summed E-state index contributed by atoms with van der Waals surface area (Å²) in [5, 5.41) is 21.9. The monoisotopic (exact) mass is 374 g/mol. The van der Waals surface area contributed by atoms with E-state index in [9.17, 15) is 15.0 Å². The van der Waals surface area contributed by atoms with E-state index in [1.807, 2.05) is 6.08 Å². The molecule has 0 heterocycles. The fourth-order valence-corrected chi connectivity index (χ4v) is 2.34. The van der Waals surface area contributed by atoms with Crippen LogP contribution in [0, 0.1) is 0 Å². The number of carbonyl (C=O) groups excluding carboxylic acids is 1. The summed E-state index contributed by atoms with van der Waals surface area (Å²) in [6.45, 7) is 2.18. The molecule has 0 aliphatic rings. The summed E-state index contributed by atoms with van der Waals surface area (Å²) in [6, 6.07) is 0. The molecule has 0 N–H and O–H groups in total. The molecule has 0 spiro atoms. The normalized spacial score (nSPS) is 11.7. The molecule has 0 aromatic heterocycles. The van der Waals surface area contributed by atoms with Gasteiger partial charge in [0.1, 0.15) is 0 Å². The van der Waals surface area contributed by atoms with Crippen LogP contribution in [0.5, 0.6) is 0 Å². The van der Waals surface area contributed by atoms with Crippen LogP contribution < -0.4 is 113 Å². The van der Waals surface area contributed by atoms with E-state index in [1.165, 1.54) is 19.3 Å². The topological polar surface area (TPSA) is 63.2 Å². The second-order valence-electron chi connectivity index (χ2n) is 5.86. The van der Waals surface area contributed by atoms with Crippen molar-refractivity contribution >= 4 is 5.97 Å². The van der Waals surface area contributed by atoms with E-state index < -0.39 is 12.1 Å². The van der Waals surface area contributed by atoms with Crippen LogP contribution in [0.15, 0.2) is 12.2 Å².